The van der Waals surface area contributed by atoms with Crippen molar-refractivity contribution in [3.05, 3.63) is 119 Å². The van der Waals surface area contributed by atoms with Gasteiger partial charge < -0.3 is 25.2 Å². The minimum absolute atomic E-state index is 0.105. The number of phenols is 3. The Kier molecular flexibility index (Phi) is 8.00. The molecule has 0 aromatic heterocycles. The van der Waals surface area contributed by atoms with Gasteiger partial charge in [-0.25, -0.2) is 4.79 Å². The maximum absolute atomic E-state index is 11.0. The lowest BCUT2D eigenvalue weighted by Gasteiger charge is -2.27. The smallest absolute Gasteiger partial charge is 0.339 e. The number of ether oxygens (including phenoxy) is 1. The summed E-state index contributed by atoms with van der Waals surface area (Å²) in [6, 6.07) is 27.6. The molecule has 4 N–H and O–H groups in total. The van der Waals surface area contributed by atoms with Gasteiger partial charge in [-0.15, -0.1) is 0 Å². The fourth-order valence-corrected chi connectivity index (χ4v) is 3.71. The first kappa shape index (κ1) is 25.2. The fourth-order valence-electron chi connectivity index (χ4n) is 3.71. The van der Waals surface area contributed by atoms with Crippen molar-refractivity contribution in [3.8, 4) is 23.0 Å². The Hall–Kier alpha value is -4.45. The number of carboxylic acid groups (broad SMARTS) is 1. The highest BCUT2D eigenvalue weighted by Gasteiger charge is 2.28. The van der Waals surface area contributed by atoms with Gasteiger partial charge in [-0.3, -0.25) is 0 Å². The summed E-state index contributed by atoms with van der Waals surface area (Å²) in [5.41, 5.74) is 1.89. The Morgan fingerprint density at radius 2 is 1.14 bits per heavy atom. The zero-order valence-electron chi connectivity index (χ0n) is 19.6. The van der Waals surface area contributed by atoms with Crippen LogP contribution in [0.1, 0.15) is 40.9 Å². The summed E-state index contributed by atoms with van der Waals surface area (Å²) in [5.74, 6) is -0.122. The molecule has 4 rings (SSSR count). The molecule has 0 unspecified atom stereocenters. The van der Waals surface area contributed by atoms with Crippen LogP contribution in [0.5, 0.6) is 23.0 Å². The van der Waals surface area contributed by atoms with Crippen molar-refractivity contribution in [2.24, 2.45) is 0 Å². The first-order valence-corrected chi connectivity index (χ1v) is 11.0. The number of aromatic carboxylic acids is 1. The molecular formula is C29H28O6. The van der Waals surface area contributed by atoms with Crippen LogP contribution < -0.4 is 4.74 Å². The summed E-state index contributed by atoms with van der Waals surface area (Å²) < 4.78 is 5.42. The van der Waals surface area contributed by atoms with Gasteiger partial charge in [0, 0.05) is 22.1 Å². The highest BCUT2D eigenvalue weighted by molar-refractivity contribution is 5.90. The molecule has 0 saturated heterocycles. The second kappa shape index (κ2) is 11.1. The zero-order chi connectivity index (χ0) is 25.4. The van der Waals surface area contributed by atoms with Gasteiger partial charge in [0.15, 0.2) is 0 Å². The average Bonchev–Trinajstić information content (AvgIpc) is 2.84. The van der Waals surface area contributed by atoms with E-state index < -0.39 is 11.4 Å². The van der Waals surface area contributed by atoms with Crippen molar-refractivity contribution in [1.29, 1.82) is 0 Å². The summed E-state index contributed by atoms with van der Waals surface area (Å²) >= 11 is 0. The Labute approximate surface area is 204 Å². The molecule has 0 heterocycles. The minimum atomic E-state index is -1.04. The van der Waals surface area contributed by atoms with E-state index in [9.17, 15) is 20.1 Å². The number of para-hydroxylation sites is 4. The van der Waals surface area contributed by atoms with Crippen LogP contribution in [0.2, 0.25) is 0 Å². The first-order chi connectivity index (χ1) is 16.7. The highest BCUT2D eigenvalue weighted by Crippen LogP contribution is 2.40. The molecule has 4 aromatic rings. The lowest BCUT2D eigenvalue weighted by molar-refractivity contribution is 0.0691. The number of carboxylic acids is 1. The van der Waals surface area contributed by atoms with Crippen LogP contribution in [-0.4, -0.2) is 26.4 Å². The van der Waals surface area contributed by atoms with Crippen LogP contribution in [0.25, 0.3) is 0 Å². The summed E-state index contributed by atoms with van der Waals surface area (Å²) in [6.07, 6.45) is 0. The zero-order valence-corrected chi connectivity index (χ0v) is 19.6. The number of rotatable bonds is 6. The molecule has 0 amide bonds. The van der Waals surface area contributed by atoms with Crippen molar-refractivity contribution in [3.63, 3.8) is 0 Å². The summed E-state index contributed by atoms with van der Waals surface area (Å²) in [6.45, 7) is 4.09. The number of phenolic OH excluding ortho intramolecular Hbond substituents is 3. The van der Waals surface area contributed by atoms with Crippen molar-refractivity contribution >= 4 is 5.97 Å². The predicted octanol–water partition coefficient (Wildman–Crippen LogP) is 6.09. The molecule has 0 aliphatic rings. The molecule has 6 nitrogen and oxygen atoms in total. The van der Waals surface area contributed by atoms with Crippen molar-refractivity contribution in [2.45, 2.75) is 25.9 Å². The van der Waals surface area contributed by atoms with Gasteiger partial charge in [0.25, 0.3) is 0 Å². The largest absolute Gasteiger partial charge is 0.508 e. The van der Waals surface area contributed by atoms with E-state index >= 15 is 0 Å². The summed E-state index contributed by atoms with van der Waals surface area (Å²) in [7, 11) is 0. The van der Waals surface area contributed by atoms with E-state index in [1.807, 2.05) is 38.1 Å². The predicted molar refractivity (Wildman–Crippen MR) is 134 cm³/mol. The normalized spacial score (nSPS) is 10.7. The third-order valence-corrected chi connectivity index (χ3v) is 5.65. The number of aromatic hydroxyl groups is 3. The molecule has 0 spiro atoms. The second-order valence-electron chi connectivity index (χ2n) is 8.38. The molecule has 0 fully saturated rings. The van der Waals surface area contributed by atoms with E-state index in [1.54, 1.807) is 66.7 Å². The first-order valence-electron chi connectivity index (χ1n) is 11.0. The highest BCUT2D eigenvalue weighted by atomic mass is 16.5. The van der Waals surface area contributed by atoms with Gasteiger partial charge in [-0.1, -0.05) is 80.6 Å². The van der Waals surface area contributed by atoms with Gasteiger partial charge in [0.05, 0.1) is 0 Å². The monoisotopic (exact) mass is 472 g/mol. The standard InChI is InChI=1S/C15H16O2.C14H12O4/c1-15(2,11-7-3-5-9-13(11)16)12-8-4-6-10-14(12)17;15-12-7-3-1-5-10(12)9-18-13-8-4-2-6-11(13)14(16)17/h3-10,16-17H,1-2H3;1-8,15H,9H2,(H,16,17). The Bertz CT molecular complexity index is 1250. The molecular weight excluding hydrogens is 444 g/mol. The second-order valence-corrected chi connectivity index (χ2v) is 8.38. The maximum Gasteiger partial charge on any atom is 0.339 e. The van der Waals surface area contributed by atoms with Crippen LogP contribution in [0, 0.1) is 0 Å². The van der Waals surface area contributed by atoms with E-state index in [0.29, 0.717) is 5.56 Å². The van der Waals surface area contributed by atoms with E-state index in [2.05, 4.69) is 0 Å². The molecule has 6 heteroatoms. The SMILES string of the molecule is CC(C)(c1ccccc1O)c1ccccc1O.O=C(O)c1ccccc1OCc1ccccc1O. The molecule has 0 aliphatic carbocycles. The number of hydrogen-bond acceptors (Lipinski definition) is 5. The topological polar surface area (TPSA) is 107 Å². The summed E-state index contributed by atoms with van der Waals surface area (Å²) in [4.78, 5) is 11.0. The lowest BCUT2D eigenvalue weighted by Crippen LogP contribution is -2.19. The van der Waals surface area contributed by atoms with Gasteiger partial charge in [0.1, 0.15) is 35.2 Å². The van der Waals surface area contributed by atoms with Crippen molar-refractivity contribution in [1.82, 2.24) is 0 Å². The molecule has 0 atom stereocenters. The molecule has 4 aromatic carbocycles. The quantitative estimate of drug-likeness (QED) is 0.270. The number of carbonyl (C=O) groups is 1. The number of hydrogen-bond donors (Lipinski definition) is 4. The van der Waals surface area contributed by atoms with Gasteiger partial charge in [-0.2, -0.15) is 0 Å². The molecule has 0 aliphatic heterocycles. The van der Waals surface area contributed by atoms with Crippen LogP contribution in [0.15, 0.2) is 97.1 Å². The molecule has 0 saturated carbocycles. The van der Waals surface area contributed by atoms with E-state index in [0.717, 1.165) is 11.1 Å². The van der Waals surface area contributed by atoms with Crippen molar-refractivity contribution in [2.75, 3.05) is 0 Å². The summed E-state index contributed by atoms with van der Waals surface area (Å²) in [5, 5.41) is 38.4. The molecule has 0 bridgehead atoms. The minimum Gasteiger partial charge on any atom is -0.508 e. The Balaban J connectivity index is 0.000000196. The Morgan fingerprint density at radius 1 is 0.686 bits per heavy atom. The third-order valence-electron chi connectivity index (χ3n) is 5.65. The van der Waals surface area contributed by atoms with Crippen LogP contribution in [0.4, 0.5) is 0 Å². The van der Waals surface area contributed by atoms with E-state index in [-0.39, 0.29) is 35.2 Å². The molecule has 35 heavy (non-hydrogen) atoms. The van der Waals surface area contributed by atoms with Gasteiger partial charge in [-0.05, 0) is 30.3 Å². The van der Waals surface area contributed by atoms with Crippen LogP contribution in [-0.2, 0) is 12.0 Å². The van der Waals surface area contributed by atoms with Gasteiger partial charge >= 0.3 is 5.97 Å². The van der Waals surface area contributed by atoms with E-state index in [1.165, 1.54) is 6.07 Å². The molecule has 0 radical (unpaired) electrons. The van der Waals surface area contributed by atoms with E-state index in [4.69, 9.17) is 9.84 Å². The van der Waals surface area contributed by atoms with Gasteiger partial charge in [0.2, 0.25) is 0 Å². The maximum atomic E-state index is 11.0. The third kappa shape index (κ3) is 6.12. The molecule has 180 valence electrons. The van der Waals surface area contributed by atoms with Crippen LogP contribution in [0.3, 0.4) is 0 Å². The Morgan fingerprint density at radius 3 is 1.66 bits per heavy atom. The number of benzene rings is 4. The van der Waals surface area contributed by atoms with Crippen molar-refractivity contribution < 1.29 is 30.0 Å². The average molecular weight is 473 g/mol. The van der Waals surface area contributed by atoms with Crippen LogP contribution >= 0.6 is 0 Å². The fraction of sp³-hybridized carbons (Fsp3) is 0.138. The lowest BCUT2D eigenvalue weighted by atomic mass is 9.77.